The number of pyridine rings is 1. The molecule has 1 aliphatic carbocycles. The van der Waals surface area contributed by atoms with Gasteiger partial charge >= 0.3 is 6.18 Å². The van der Waals surface area contributed by atoms with Crippen molar-refractivity contribution < 1.29 is 27.8 Å². The summed E-state index contributed by atoms with van der Waals surface area (Å²) in [6, 6.07) is 5.64. The third kappa shape index (κ3) is 3.65. The van der Waals surface area contributed by atoms with Crippen molar-refractivity contribution in [3.05, 3.63) is 68.2 Å². The average Bonchev–Trinajstić information content (AvgIpc) is 2.68. The van der Waals surface area contributed by atoms with E-state index in [9.17, 15) is 32.6 Å². The van der Waals surface area contributed by atoms with Crippen molar-refractivity contribution in [3.8, 4) is 5.75 Å². The highest BCUT2D eigenvalue weighted by molar-refractivity contribution is 9.10. The minimum atomic E-state index is -5.02. The molecule has 0 bridgehead atoms. The Morgan fingerprint density at radius 1 is 1.25 bits per heavy atom. The number of aromatic amines is 1. The van der Waals surface area contributed by atoms with E-state index in [2.05, 4.69) is 26.2 Å². The lowest BCUT2D eigenvalue weighted by Gasteiger charge is -2.46. The van der Waals surface area contributed by atoms with Crippen LogP contribution in [0.25, 0.3) is 10.9 Å². The molecule has 5 nitrogen and oxygen atoms in total. The molecular formula is C22H19BrF4N2O3. The summed E-state index contributed by atoms with van der Waals surface area (Å²) in [6.07, 6.45) is -5.44. The van der Waals surface area contributed by atoms with Crippen molar-refractivity contribution in [1.29, 1.82) is 0 Å². The molecule has 32 heavy (non-hydrogen) atoms. The van der Waals surface area contributed by atoms with Crippen LogP contribution in [0, 0.1) is 5.82 Å². The summed E-state index contributed by atoms with van der Waals surface area (Å²) in [6.45, 7) is 1.68. The van der Waals surface area contributed by atoms with Gasteiger partial charge < -0.3 is 20.5 Å². The van der Waals surface area contributed by atoms with Crippen LogP contribution in [0.4, 0.5) is 23.2 Å². The molecular weight excluding hydrogens is 496 g/mol. The molecule has 1 aromatic heterocycles. The molecule has 4 N–H and O–H groups in total. The van der Waals surface area contributed by atoms with Gasteiger partial charge in [0.2, 0.25) is 5.56 Å². The van der Waals surface area contributed by atoms with Gasteiger partial charge in [0.1, 0.15) is 11.6 Å². The van der Waals surface area contributed by atoms with Crippen molar-refractivity contribution in [1.82, 2.24) is 4.98 Å². The summed E-state index contributed by atoms with van der Waals surface area (Å²) in [5.74, 6) is -1.72. The number of aromatic nitrogens is 1. The van der Waals surface area contributed by atoms with Crippen LogP contribution in [-0.4, -0.2) is 27.0 Å². The Hall–Kier alpha value is -2.59. The Balaban J connectivity index is 1.97. The molecule has 0 spiro atoms. The van der Waals surface area contributed by atoms with Gasteiger partial charge in [0.05, 0.1) is 11.6 Å². The number of hydrogen-bond donors (Lipinski definition) is 4. The third-order valence-electron chi connectivity index (χ3n) is 6.00. The van der Waals surface area contributed by atoms with Gasteiger partial charge in [-0.05, 0) is 54.7 Å². The van der Waals surface area contributed by atoms with Crippen molar-refractivity contribution in [2.45, 2.75) is 43.5 Å². The summed E-state index contributed by atoms with van der Waals surface area (Å²) < 4.78 is 57.3. The second-order valence-electron chi connectivity index (χ2n) is 7.97. The van der Waals surface area contributed by atoms with Crippen LogP contribution < -0.4 is 10.9 Å². The van der Waals surface area contributed by atoms with Crippen LogP contribution >= 0.6 is 15.9 Å². The first-order valence-corrected chi connectivity index (χ1v) is 10.6. The van der Waals surface area contributed by atoms with E-state index in [0.29, 0.717) is 10.0 Å². The van der Waals surface area contributed by atoms with E-state index in [1.54, 1.807) is 6.92 Å². The van der Waals surface area contributed by atoms with Gasteiger partial charge in [0.25, 0.3) is 0 Å². The summed E-state index contributed by atoms with van der Waals surface area (Å²) >= 11 is 3.19. The summed E-state index contributed by atoms with van der Waals surface area (Å²) in [5.41, 5.74) is -3.29. The molecule has 0 aliphatic heterocycles. The van der Waals surface area contributed by atoms with E-state index in [1.165, 1.54) is 24.3 Å². The molecule has 0 radical (unpaired) electrons. The predicted octanol–water partition coefficient (Wildman–Crippen LogP) is 5.48. The molecule has 4 rings (SSSR count). The Bertz CT molecular complexity index is 1260. The lowest BCUT2D eigenvalue weighted by atomic mass is 9.69. The number of phenols is 1. The topological polar surface area (TPSA) is 85.4 Å². The molecule has 3 aromatic rings. The fourth-order valence-corrected chi connectivity index (χ4v) is 4.96. The van der Waals surface area contributed by atoms with Crippen LogP contribution in [0.5, 0.6) is 5.75 Å². The van der Waals surface area contributed by atoms with Gasteiger partial charge in [0.15, 0.2) is 5.60 Å². The number of rotatable bonds is 3. The Kier molecular flexibility index (Phi) is 5.49. The zero-order valence-corrected chi connectivity index (χ0v) is 18.3. The molecule has 0 saturated heterocycles. The number of H-pyrrole nitrogens is 1. The molecule has 2 aromatic carbocycles. The number of benzene rings is 2. The van der Waals surface area contributed by atoms with Gasteiger partial charge in [-0.1, -0.05) is 22.9 Å². The maximum atomic E-state index is 14.3. The number of aromatic hydroxyl groups is 1. The third-order valence-corrected chi connectivity index (χ3v) is 6.45. The van der Waals surface area contributed by atoms with Gasteiger partial charge in [-0.3, -0.25) is 4.79 Å². The van der Waals surface area contributed by atoms with E-state index in [0.717, 1.165) is 12.1 Å². The van der Waals surface area contributed by atoms with Gasteiger partial charge in [0, 0.05) is 27.2 Å². The molecule has 170 valence electrons. The zero-order valence-electron chi connectivity index (χ0n) is 16.7. The molecule has 0 saturated carbocycles. The van der Waals surface area contributed by atoms with Crippen LogP contribution in [0.15, 0.2) is 45.7 Å². The lowest BCUT2D eigenvalue weighted by molar-refractivity contribution is -0.272. The summed E-state index contributed by atoms with van der Waals surface area (Å²) in [5, 5.41) is 24.5. The lowest BCUT2D eigenvalue weighted by Crippen LogP contribution is -2.55. The van der Waals surface area contributed by atoms with Crippen LogP contribution in [0.2, 0.25) is 0 Å². The number of anilines is 1. The molecule has 3 atom stereocenters. The highest BCUT2D eigenvalue weighted by atomic mass is 79.9. The van der Waals surface area contributed by atoms with Crippen LogP contribution in [0.1, 0.15) is 42.9 Å². The van der Waals surface area contributed by atoms with Gasteiger partial charge in [-0.2, -0.15) is 13.2 Å². The maximum absolute atomic E-state index is 14.3. The summed E-state index contributed by atoms with van der Waals surface area (Å²) in [4.78, 5) is 14.1. The van der Waals surface area contributed by atoms with Crippen LogP contribution in [0.3, 0.4) is 0 Å². The SMILES string of the molecule is CC[C@@H]1C[C@@](O)(C(F)(F)F)[C@@H](Nc2cc(F)cc3[nH]c(=O)ccc23)c2cc(Br)cc(O)c21. The monoisotopic (exact) mass is 514 g/mol. The Morgan fingerprint density at radius 3 is 2.62 bits per heavy atom. The van der Waals surface area contributed by atoms with E-state index in [4.69, 9.17) is 0 Å². The minimum Gasteiger partial charge on any atom is -0.508 e. The number of aliphatic hydroxyl groups is 1. The number of phenolic OH excluding ortho intramolecular Hbond substituents is 1. The molecule has 1 heterocycles. The molecule has 0 amide bonds. The van der Waals surface area contributed by atoms with Crippen molar-refractivity contribution in [3.63, 3.8) is 0 Å². The molecule has 10 heteroatoms. The second-order valence-corrected chi connectivity index (χ2v) is 8.89. The summed E-state index contributed by atoms with van der Waals surface area (Å²) in [7, 11) is 0. The first-order chi connectivity index (χ1) is 14.9. The first kappa shape index (κ1) is 22.6. The highest BCUT2D eigenvalue weighted by Crippen LogP contribution is 2.55. The average molecular weight is 515 g/mol. The fourth-order valence-electron chi connectivity index (χ4n) is 4.50. The molecule has 0 fully saturated rings. The number of hydrogen-bond acceptors (Lipinski definition) is 4. The smallest absolute Gasteiger partial charge is 0.419 e. The quantitative estimate of drug-likeness (QED) is 0.348. The molecule has 1 aliphatic rings. The molecule has 0 unspecified atom stereocenters. The van der Waals surface area contributed by atoms with E-state index in [-0.39, 0.29) is 34.3 Å². The zero-order chi connectivity index (χ0) is 23.4. The van der Waals surface area contributed by atoms with Crippen LogP contribution in [-0.2, 0) is 0 Å². The first-order valence-electron chi connectivity index (χ1n) is 9.85. The van der Waals surface area contributed by atoms with Crippen molar-refractivity contribution >= 4 is 32.5 Å². The number of nitrogens with one attached hydrogen (secondary N) is 2. The minimum absolute atomic E-state index is 0.0377. The number of halogens is 5. The van der Waals surface area contributed by atoms with Gasteiger partial charge in [-0.15, -0.1) is 0 Å². The predicted molar refractivity (Wildman–Crippen MR) is 115 cm³/mol. The normalized spacial score (nSPS) is 23.2. The van der Waals surface area contributed by atoms with E-state index >= 15 is 0 Å². The maximum Gasteiger partial charge on any atom is 0.419 e. The Labute approximate surface area is 188 Å². The standard InChI is InChI=1S/C22H19BrF4N2O3/c1-2-10-9-21(32,22(25,26)27)20(14-5-11(23)6-17(30)19(10)14)29-16-8-12(24)7-15-13(16)3-4-18(31)28-15/h3-8,10,20,29-30,32H,2,9H2,1H3,(H,28,31)/t10-,20+,21+/m1/s1. The largest absolute Gasteiger partial charge is 0.508 e. The van der Waals surface area contributed by atoms with Crippen molar-refractivity contribution in [2.75, 3.05) is 5.32 Å². The number of fused-ring (bicyclic) bond motifs is 2. The number of alkyl halides is 3. The van der Waals surface area contributed by atoms with Gasteiger partial charge in [-0.25, -0.2) is 4.39 Å². The fraction of sp³-hybridized carbons (Fsp3) is 0.318. The Morgan fingerprint density at radius 2 is 1.97 bits per heavy atom. The second kappa shape index (κ2) is 7.77. The van der Waals surface area contributed by atoms with Crippen molar-refractivity contribution in [2.24, 2.45) is 0 Å². The van der Waals surface area contributed by atoms with E-state index < -0.39 is 41.5 Å². The van der Waals surface area contributed by atoms with E-state index in [1.807, 2.05) is 0 Å². The highest BCUT2D eigenvalue weighted by Gasteiger charge is 2.62.